The number of halogens is 1. The smallest absolute Gasteiger partial charge is 0.338 e. The molecule has 0 aliphatic rings. The van der Waals surface area contributed by atoms with Crippen LogP contribution in [0.15, 0.2) is 30.3 Å². The predicted octanol–water partition coefficient (Wildman–Crippen LogP) is 3.63. The fraction of sp³-hybridized carbons (Fsp3) is 0.235. The van der Waals surface area contributed by atoms with Crippen LogP contribution in [0, 0.1) is 10.1 Å². The van der Waals surface area contributed by atoms with E-state index in [1.54, 1.807) is 0 Å². The number of benzene rings is 2. The van der Waals surface area contributed by atoms with Crippen LogP contribution in [-0.4, -0.2) is 32.2 Å². The van der Waals surface area contributed by atoms with Crippen molar-refractivity contribution in [3.05, 3.63) is 56.6 Å². The van der Waals surface area contributed by atoms with Crippen molar-refractivity contribution < 1.29 is 28.7 Å². The Morgan fingerprint density at radius 3 is 2.35 bits per heavy atom. The van der Waals surface area contributed by atoms with Gasteiger partial charge in [-0.2, -0.15) is 0 Å². The zero-order valence-electron chi connectivity index (χ0n) is 14.3. The Kier molecular flexibility index (Phi) is 6.24. The van der Waals surface area contributed by atoms with Gasteiger partial charge in [0.15, 0.2) is 11.5 Å². The number of nitrogens with zero attached hydrogens (tertiary/aromatic N) is 1. The van der Waals surface area contributed by atoms with Crippen molar-refractivity contribution in [2.45, 2.75) is 6.61 Å². The van der Waals surface area contributed by atoms with E-state index in [9.17, 15) is 14.9 Å². The highest BCUT2D eigenvalue weighted by Gasteiger charge is 2.18. The van der Waals surface area contributed by atoms with Crippen LogP contribution in [0.25, 0.3) is 0 Å². The van der Waals surface area contributed by atoms with Crippen molar-refractivity contribution in [2.24, 2.45) is 0 Å². The Labute approximate surface area is 154 Å². The number of carbonyl (C=O) groups excluding carboxylic acids is 1. The molecular weight excluding hydrogens is 366 g/mol. The molecule has 0 unspecified atom stereocenters. The second-order valence-corrected chi connectivity index (χ2v) is 5.43. The number of hydrogen-bond acceptors (Lipinski definition) is 7. The van der Waals surface area contributed by atoms with Crippen molar-refractivity contribution in [1.82, 2.24) is 0 Å². The highest BCUT2D eigenvalue weighted by molar-refractivity contribution is 6.32. The van der Waals surface area contributed by atoms with E-state index in [4.69, 9.17) is 30.5 Å². The van der Waals surface area contributed by atoms with Gasteiger partial charge in [-0.15, -0.1) is 0 Å². The van der Waals surface area contributed by atoms with Gasteiger partial charge in [0.05, 0.1) is 36.8 Å². The van der Waals surface area contributed by atoms with Crippen LogP contribution < -0.4 is 14.2 Å². The van der Waals surface area contributed by atoms with Gasteiger partial charge in [-0.1, -0.05) is 11.6 Å². The third-order valence-electron chi connectivity index (χ3n) is 3.50. The lowest BCUT2D eigenvalue weighted by Crippen LogP contribution is -2.07. The molecule has 2 rings (SSSR count). The summed E-state index contributed by atoms with van der Waals surface area (Å²) < 4.78 is 20.6. The van der Waals surface area contributed by atoms with Gasteiger partial charge in [0, 0.05) is 17.7 Å². The molecule has 0 atom stereocenters. The topological polar surface area (TPSA) is 97.1 Å². The van der Waals surface area contributed by atoms with Crippen LogP contribution in [0.2, 0.25) is 5.02 Å². The summed E-state index contributed by atoms with van der Waals surface area (Å²) in [5.41, 5.74) is 0.379. The van der Waals surface area contributed by atoms with Gasteiger partial charge in [-0.05, 0) is 18.2 Å². The lowest BCUT2D eigenvalue weighted by atomic mass is 10.2. The second-order valence-electron chi connectivity index (χ2n) is 5.02. The quantitative estimate of drug-likeness (QED) is 0.410. The summed E-state index contributed by atoms with van der Waals surface area (Å²) in [4.78, 5) is 22.7. The second kappa shape index (κ2) is 8.39. The maximum atomic E-state index is 12.3. The molecule has 0 aliphatic heterocycles. The molecule has 0 saturated carbocycles. The lowest BCUT2D eigenvalue weighted by Gasteiger charge is -2.12. The third-order valence-corrected chi connectivity index (χ3v) is 3.78. The molecular formula is C17H16ClNO7. The molecule has 2 aromatic rings. The highest BCUT2D eigenvalue weighted by atomic mass is 35.5. The van der Waals surface area contributed by atoms with Crippen molar-refractivity contribution >= 4 is 23.3 Å². The van der Waals surface area contributed by atoms with Crippen molar-refractivity contribution in [2.75, 3.05) is 21.3 Å². The molecule has 0 aromatic heterocycles. The number of ether oxygens (including phenoxy) is 4. The van der Waals surface area contributed by atoms with Gasteiger partial charge < -0.3 is 18.9 Å². The molecule has 0 aliphatic carbocycles. The van der Waals surface area contributed by atoms with Crippen molar-refractivity contribution in [3.63, 3.8) is 0 Å². The Bertz CT molecular complexity index is 838. The molecule has 0 saturated heterocycles. The summed E-state index contributed by atoms with van der Waals surface area (Å²) >= 11 is 6.07. The van der Waals surface area contributed by atoms with E-state index in [0.29, 0.717) is 17.1 Å². The fourth-order valence-corrected chi connectivity index (χ4v) is 2.54. The van der Waals surface area contributed by atoms with Crippen molar-refractivity contribution in [1.29, 1.82) is 0 Å². The van der Waals surface area contributed by atoms with E-state index in [1.807, 2.05) is 0 Å². The van der Waals surface area contributed by atoms with Crippen LogP contribution in [0.1, 0.15) is 15.9 Å². The number of nitro benzene ring substituents is 1. The molecule has 26 heavy (non-hydrogen) atoms. The average Bonchev–Trinajstić information content (AvgIpc) is 2.64. The van der Waals surface area contributed by atoms with Crippen LogP contribution in [0.5, 0.6) is 17.2 Å². The molecule has 0 fully saturated rings. The predicted molar refractivity (Wildman–Crippen MR) is 93.3 cm³/mol. The minimum atomic E-state index is -0.679. The SMILES string of the molecule is COc1ccc([N+](=O)[O-])cc1COC(=O)c1cc(Cl)c(OC)c(OC)c1. The maximum absolute atomic E-state index is 12.3. The molecule has 0 N–H and O–H groups in total. The maximum Gasteiger partial charge on any atom is 0.338 e. The summed E-state index contributed by atoms with van der Waals surface area (Å²) in [5, 5.41) is 11.1. The minimum absolute atomic E-state index is 0.133. The zero-order valence-corrected chi connectivity index (χ0v) is 15.0. The molecule has 0 bridgehead atoms. The first-order chi connectivity index (χ1) is 12.4. The molecule has 138 valence electrons. The van der Waals surface area contributed by atoms with Crippen LogP contribution in [0.4, 0.5) is 5.69 Å². The Morgan fingerprint density at radius 1 is 1.08 bits per heavy atom. The van der Waals surface area contributed by atoms with Crippen LogP contribution in [0.3, 0.4) is 0 Å². The van der Waals surface area contributed by atoms with Gasteiger partial charge in [-0.3, -0.25) is 10.1 Å². The van der Waals surface area contributed by atoms with Gasteiger partial charge in [0.1, 0.15) is 12.4 Å². The van der Waals surface area contributed by atoms with Gasteiger partial charge >= 0.3 is 5.97 Å². The number of esters is 1. The number of nitro groups is 1. The molecule has 0 spiro atoms. The molecule has 0 heterocycles. The average molecular weight is 382 g/mol. The first kappa shape index (κ1) is 19.3. The zero-order chi connectivity index (χ0) is 19.3. The molecule has 0 amide bonds. The normalized spacial score (nSPS) is 10.2. The highest BCUT2D eigenvalue weighted by Crippen LogP contribution is 2.36. The Hall–Kier alpha value is -3.00. The first-order valence-electron chi connectivity index (χ1n) is 7.31. The molecule has 0 radical (unpaired) electrons. The van der Waals surface area contributed by atoms with Crippen molar-refractivity contribution in [3.8, 4) is 17.2 Å². The first-order valence-corrected chi connectivity index (χ1v) is 7.69. The molecule has 9 heteroatoms. The Morgan fingerprint density at radius 2 is 1.77 bits per heavy atom. The van der Waals surface area contributed by atoms with Gasteiger partial charge in [0.2, 0.25) is 0 Å². The van der Waals surface area contributed by atoms with E-state index in [1.165, 1.54) is 51.7 Å². The summed E-state index contributed by atoms with van der Waals surface area (Å²) in [6.45, 7) is -0.213. The third kappa shape index (κ3) is 4.15. The van der Waals surface area contributed by atoms with E-state index >= 15 is 0 Å². The number of carbonyl (C=O) groups is 1. The molecule has 2 aromatic carbocycles. The van der Waals surface area contributed by atoms with E-state index in [2.05, 4.69) is 0 Å². The summed E-state index contributed by atoms with van der Waals surface area (Å²) in [6.07, 6.45) is 0. The minimum Gasteiger partial charge on any atom is -0.496 e. The van der Waals surface area contributed by atoms with E-state index in [0.717, 1.165) is 0 Å². The molecule has 8 nitrogen and oxygen atoms in total. The summed E-state index contributed by atoms with van der Waals surface area (Å²) in [7, 11) is 4.26. The summed E-state index contributed by atoms with van der Waals surface area (Å²) in [5.74, 6) is 0.265. The monoisotopic (exact) mass is 381 g/mol. The fourth-order valence-electron chi connectivity index (χ4n) is 2.25. The van der Waals surface area contributed by atoms with E-state index in [-0.39, 0.29) is 28.6 Å². The summed E-state index contributed by atoms with van der Waals surface area (Å²) in [6, 6.07) is 6.84. The van der Waals surface area contributed by atoms with Crippen LogP contribution in [-0.2, 0) is 11.3 Å². The number of non-ortho nitro benzene ring substituents is 1. The lowest BCUT2D eigenvalue weighted by molar-refractivity contribution is -0.385. The number of rotatable bonds is 7. The van der Waals surface area contributed by atoms with Crippen LogP contribution >= 0.6 is 11.6 Å². The van der Waals surface area contributed by atoms with Gasteiger partial charge in [-0.25, -0.2) is 4.79 Å². The number of methoxy groups -OCH3 is 3. The Balaban J connectivity index is 2.22. The largest absolute Gasteiger partial charge is 0.496 e. The number of hydrogen-bond donors (Lipinski definition) is 0. The van der Waals surface area contributed by atoms with E-state index < -0.39 is 10.9 Å². The van der Waals surface area contributed by atoms with Gasteiger partial charge in [0.25, 0.3) is 5.69 Å². The standard InChI is InChI=1S/C17H16ClNO7/c1-23-14-5-4-12(19(21)22)6-11(14)9-26-17(20)10-7-13(18)16(25-3)15(8-10)24-2/h4-8H,9H2,1-3H3.